The molecule has 0 saturated heterocycles. The van der Waals surface area contributed by atoms with Crippen molar-refractivity contribution < 1.29 is 9.59 Å². The second kappa shape index (κ2) is 6.92. The molecule has 0 aromatic heterocycles. The lowest BCUT2D eigenvalue weighted by Gasteiger charge is -2.08. The molecule has 0 fully saturated rings. The SMILES string of the molecule is Cc1ccc(C(=O)Nc2cccc(C(=O)c3ccccc3)c2)cc1. The summed E-state index contributed by atoms with van der Waals surface area (Å²) in [4.78, 5) is 24.8. The molecule has 0 aliphatic rings. The number of carbonyl (C=O) groups excluding carboxylic acids is 2. The second-order valence-electron chi connectivity index (χ2n) is 5.60. The first-order valence-corrected chi connectivity index (χ1v) is 7.71. The highest BCUT2D eigenvalue weighted by molar-refractivity contribution is 6.10. The highest BCUT2D eigenvalue weighted by Gasteiger charge is 2.10. The third-order valence-corrected chi connectivity index (χ3v) is 3.73. The van der Waals surface area contributed by atoms with Crippen LogP contribution in [0.5, 0.6) is 0 Å². The summed E-state index contributed by atoms with van der Waals surface area (Å²) in [6.07, 6.45) is 0. The highest BCUT2D eigenvalue weighted by atomic mass is 16.1. The van der Waals surface area contributed by atoms with E-state index in [1.54, 1.807) is 48.5 Å². The summed E-state index contributed by atoms with van der Waals surface area (Å²) in [7, 11) is 0. The number of amides is 1. The zero-order chi connectivity index (χ0) is 16.9. The van der Waals surface area contributed by atoms with Crippen LogP contribution >= 0.6 is 0 Å². The third kappa shape index (κ3) is 3.58. The number of carbonyl (C=O) groups is 2. The van der Waals surface area contributed by atoms with Crippen molar-refractivity contribution in [1.29, 1.82) is 0 Å². The Balaban J connectivity index is 1.79. The summed E-state index contributed by atoms with van der Waals surface area (Å²) < 4.78 is 0. The summed E-state index contributed by atoms with van der Waals surface area (Å²) in [5.74, 6) is -0.263. The molecule has 0 bridgehead atoms. The van der Waals surface area contributed by atoms with E-state index in [4.69, 9.17) is 0 Å². The van der Waals surface area contributed by atoms with Crippen LogP contribution in [0.3, 0.4) is 0 Å². The topological polar surface area (TPSA) is 46.2 Å². The number of nitrogens with one attached hydrogen (secondary N) is 1. The number of aryl methyl sites for hydroxylation is 1. The van der Waals surface area contributed by atoms with E-state index in [-0.39, 0.29) is 11.7 Å². The van der Waals surface area contributed by atoms with Crippen molar-refractivity contribution in [3.63, 3.8) is 0 Å². The van der Waals surface area contributed by atoms with Gasteiger partial charge in [-0.1, -0.05) is 60.2 Å². The van der Waals surface area contributed by atoms with E-state index >= 15 is 0 Å². The zero-order valence-electron chi connectivity index (χ0n) is 13.3. The van der Waals surface area contributed by atoms with Gasteiger partial charge in [0.1, 0.15) is 0 Å². The maximum absolute atomic E-state index is 12.5. The summed E-state index contributed by atoms with van der Waals surface area (Å²) in [6.45, 7) is 1.97. The lowest BCUT2D eigenvalue weighted by Crippen LogP contribution is -2.12. The van der Waals surface area contributed by atoms with Crippen molar-refractivity contribution >= 4 is 17.4 Å². The minimum Gasteiger partial charge on any atom is -0.322 e. The van der Waals surface area contributed by atoms with Crippen LogP contribution in [-0.4, -0.2) is 11.7 Å². The van der Waals surface area contributed by atoms with Crippen molar-refractivity contribution in [3.8, 4) is 0 Å². The van der Waals surface area contributed by atoms with Gasteiger partial charge in [0.2, 0.25) is 0 Å². The van der Waals surface area contributed by atoms with E-state index in [2.05, 4.69) is 5.32 Å². The fraction of sp³-hybridized carbons (Fsp3) is 0.0476. The molecule has 118 valence electrons. The molecule has 24 heavy (non-hydrogen) atoms. The average Bonchev–Trinajstić information content (AvgIpc) is 2.62. The Morgan fingerprint density at radius 3 is 2.08 bits per heavy atom. The molecule has 0 heterocycles. The molecule has 3 rings (SSSR count). The Hall–Kier alpha value is -3.20. The monoisotopic (exact) mass is 315 g/mol. The number of ketones is 1. The minimum absolute atomic E-state index is 0.0676. The van der Waals surface area contributed by atoms with Gasteiger partial charge in [0.15, 0.2) is 5.78 Å². The van der Waals surface area contributed by atoms with Crippen molar-refractivity contribution in [2.45, 2.75) is 6.92 Å². The molecule has 0 atom stereocenters. The first-order valence-electron chi connectivity index (χ1n) is 7.71. The van der Waals surface area contributed by atoms with Crippen LogP contribution < -0.4 is 5.32 Å². The Bertz CT molecular complexity index is 868. The Labute approximate surface area is 141 Å². The molecule has 0 unspecified atom stereocenters. The molecule has 3 nitrogen and oxygen atoms in total. The van der Waals surface area contributed by atoms with Gasteiger partial charge in [0.05, 0.1) is 0 Å². The van der Waals surface area contributed by atoms with Crippen LogP contribution in [0.4, 0.5) is 5.69 Å². The molecule has 0 spiro atoms. The van der Waals surface area contributed by atoms with E-state index in [1.807, 2.05) is 37.3 Å². The van der Waals surface area contributed by atoms with Gasteiger partial charge in [0, 0.05) is 22.4 Å². The van der Waals surface area contributed by atoms with E-state index in [0.29, 0.717) is 22.4 Å². The molecule has 0 aliphatic carbocycles. The summed E-state index contributed by atoms with van der Waals surface area (Å²) in [5.41, 5.74) is 3.45. The van der Waals surface area contributed by atoms with Crippen molar-refractivity contribution in [2.75, 3.05) is 5.32 Å². The lowest BCUT2D eigenvalue weighted by atomic mass is 10.0. The molecule has 1 amide bonds. The molecule has 0 aliphatic heterocycles. The van der Waals surface area contributed by atoms with Crippen molar-refractivity contribution in [2.24, 2.45) is 0 Å². The number of hydrogen-bond acceptors (Lipinski definition) is 2. The summed E-state index contributed by atoms with van der Waals surface area (Å²) in [5, 5.41) is 2.83. The largest absolute Gasteiger partial charge is 0.322 e. The fourth-order valence-corrected chi connectivity index (χ4v) is 2.40. The highest BCUT2D eigenvalue weighted by Crippen LogP contribution is 2.16. The van der Waals surface area contributed by atoms with E-state index in [0.717, 1.165) is 5.56 Å². The fourth-order valence-electron chi connectivity index (χ4n) is 2.40. The quantitative estimate of drug-likeness (QED) is 0.722. The summed E-state index contributed by atoms with van der Waals surface area (Å²) >= 11 is 0. The first kappa shape index (κ1) is 15.7. The average molecular weight is 315 g/mol. The molecule has 0 saturated carbocycles. The Morgan fingerprint density at radius 2 is 1.38 bits per heavy atom. The predicted octanol–water partition coefficient (Wildman–Crippen LogP) is 4.48. The maximum atomic E-state index is 12.5. The molecule has 3 aromatic carbocycles. The Morgan fingerprint density at radius 1 is 0.708 bits per heavy atom. The molecule has 1 N–H and O–H groups in total. The molecular formula is C21H17NO2. The number of benzene rings is 3. The van der Waals surface area contributed by atoms with Crippen LogP contribution in [0.15, 0.2) is 78.9 Å². The van der Waals surface area contributed by atoms with E-state index in [1.165, 1.54) is 0 Å². The van der Waals surface area contributed by atoms with Gasteiger partial charge < -0.3 is 5.32 Å². The summed E-state index contributed by atoms with van der Waals surface area (Å²) in [6, 6.07) is 23.4. The first-order chi connectivity index (χ1) is 11.6. The molecule has 3 aromatic rings. The van der Waals surface area contributed by atoms with Gasteiger partial charge in [-0.05, 0) is 31.2 Å². The van der Waals surface area contributed by atoms with E-state index < -0.39 is 0 Å². The molecule has 0 radical (unpaired) electrons. The van der Waals surface area contributed by atoms with E-state index in [9.17, 15) is 9.59 Å². The smallest absolute Gasteiger partial charge is 0.255 e. The Kier molecular flexibility index (Phi) is 4.52. The third-order valence-electron chi connectivity index (χ3n) is 3.73. The van der Waals surface area contributed by atoms with Gasteiger partial charge in [-0.3, -0.25) is 9.59 Å². The minimum atomic E-state index is -0.195. The van der Waals surface area contributed by atoms with Gasteiger partial charge in [-0.15, -0.1) is 0 Å². The second-order valence-corrected chi connectivity index (χ2v) is 5.60. The molecular weight excluding hydrogens is 298 g/mol. The standard InChI is InChI=1S/C21H17NO2/c1-15-10-12-17(13-11-15)21(24)22-19-9-5-8-18(14-19)20(23)16-6-3-2-4-7-16/h2-14H,1H3,(H,22,24). The van der Waals surface area contributed by atoms with Crippen LogP contribution in [0.1, 0.15) is 31.8 Å². The number of rotatable bonds is 4. The van der Waals surface area contributed by atoms with Gasteiger partial charge in [0.25, 0.3) is 5.91 Å². The van der Waals surface area contributed by atoms with Crippen LogP contribution in [0.25, 0.3) is 0 Å². The predicted molar refractivity (Wildman–Crippen MR) is 95.4 cm³/mol. The van der Waals surface area contributed by atoms with Crippen molar-refractivity contribution in [3.05, 3.63) is 101 Å². The zero-order valence-corrected chi connectivity index (χ0v) is 13.3. The normalized spacial score (nSPS) is 10.2. The molecule has 3 heteroatoms. The van der Waals surface area contributed by atoms with Crippen molar-refractivity contribution in [1.82, 2.24) is 0 Å². The van der Waals surface area contributed by atoms with Gasteiger partial charge >= 0.3 is 0 Å². The maximum Gasteiger partial charge on any atom is 0.255 e. The number of anilines is 1. The van der Waals surface area contributed by atoms with Crippen LogP contribution in [-0.2, 0) is 0 Å². The van der Waals surface area contributed by atoms with Crippen LogP contribution in [0.2, 0.25) is 0 Å². The lowest BCUT2D eigenvalue weighted by molar-refractivity contribution is 0.102. The van der Waals surface area contributed by atoms with Gasteiger partial charge in [-0.25, -0.2) is 0 Å². The van der Waals surface area contributed by atoms with Crippen LogP contribution in [0, 0.1) is 6.92 Å². The number of hydrogen-bond donors (Lipinski definition) is 1. The van der Waals surface area contributed by atoms with Gasteiger partial charge in [-0.2, -0.15) is 0 Å².